The van der Waals surface area contributed by atoms with E-state index in [9.17, 15) is 4.79 Å². The highest BCUT2D eigenvalue weighted by atomic mass is 79.9. The number of carbonyl (C=O) groups is 1. The third-order valence-electron chi connectivity index (χ3n) is 3.10. The highest BCUT2D eigenvalue weighted by Gasteiger charge is 2.17. The Morgan fingerprint density at radius 1 is 1.32 bits per heavy atom. The van der Waals surface area contributed by atoms with Crippen molar-refractivity contribution in [2.75, 3.05) is 13.2 Å². The number of aromatic nitrogens is 1. The van der Waals surface area contributed by atoms with E-state index in [1.165, 1.54) is 0 Å². The maximum absolute atomic E-state index is 11.9. The Hall–Kier alpha value is -1.66. The van der Waals surface area contributed by atoms with Crippen LogP contribution in [0.3, 0.4) is 0 Å². The molecule has 0 aliphatic carbocycles. The van der Waals surface area contributed by atoms with Gasteiger partial charge in [-0.05, 0) is 39.7 Å². The van der Waals surface area contributed by atoms with Gasteiger partial charge in [0.1, 0.15) is 12.3 Å². The molecule has 1 N–H and O–H groups in total. The van der Waals surface area contributed by atoms with E-state index in [-0.39, 0.29) is 6.61 Å². The normalized spacial score (nSPS) is 13.5. The summed E-state index contributed by atoms with van der Waals surface area (Å²) in [7, 11) is 0. The molecule has 0 amide bonds. The number of halogens is 2. The minimum Gasteiger partial charge on any atom is -0.489 e. The molecule has 0 fully saturated rings. The molecule has 0 saturated carbocycles. The van der Waals surface area contributed by atoms with E-state index >= 15 is 0 Å². The lowest BCUT2D eigenvalue weighted by Crippen LogP contribution is -2.06. The molecule has 2 heterocycles. The molecular weight excluding hydrogens is 374 g/mol. The first-order valence-corrected chi connectivity index (χ1v) is 7.89. The average molecular weight is 387 g/mol. The molecule has 0 spiro atoms. The van der Waals surface area contributed by atoms with Crippen LogP contribution in [0.1, 0.15) is 22.5 Å². The summed E-state index contributed by atoms with van der Waals surface area (Å²) < 4.78 is 17.2. The van der Waals surface area contributed by atoms with Gasteiger partial charge >= 0.3 is 5.97 Å². The number of esters is 1. The molecule has 0 atom stereocenters. The van der Waals surface area contributed by atoms with Crippen LogP contribution in [-0.2, 0) is 11.3 Å². The van der Waals surface area contributed by atoms with Crippen molar-refractivity contribution in [2.24, 2.45) is 0 Å². The summed E-state index contributed by atoms with van der Waals surface area (Å²) in [6.45, 7) is 1.25. The highest BCUT2D eigenvalue weighted by molar-refractivity contribution is 9.10. The molecule has 1 aliphatic rings. The van der Waals surface area contributed by atoms with Crippen molar-refractivity contribution in [1.29, 1.82) is 0 Å². The molecule has 2 aromatic rings. The molecule has 1 aromatic carbocycles. The van der Waals surface area contributed by atoms with Crippen LogP contribution in [0.25, 0.3) is 0 Å². The van der Waals surface area contributed by atoms with Crippen molar-refractivity contribution in [1.82, 2.24) is 4.98 Å². The second-order valence-corrected chi connectivity index (χ2v) is 6.09. The van der Waals surface area contributed by atoms with E-state index in [1.807, 2.05) is 0 Å². The first kappa shape index (κ1) is 15.2. The van der Waals surface area contributed by atoms with E-state index in [0.29, 0.717) is 35.4 Å². The quantitative estimate of drug-likeness (QED) is 0.812. The lowest BCUT2D eigenvalue weighted by Gasteiger charge is -2.11. The molecule has 1 aromatic heterocycles. The van der Waals surface area contributed by atoms with Gasteiger partial charge < -0.3 is 19.2 Å². The van der Waals surface area contributed by atoms with E-state index in [4.69, 9.17) is 25.8 Å². The Bertz CT molecular complexity index is 701. The monoisotopic (exact) mass is 385 g/mol. The molecule has 0 radical (unpaired) electrons. The van der Waals surface area contributed by atoms with E-state index in [1.54, 1.807) is 24.4 Å². The van der Waals surface area contributed by atoms with Crippen molar-refractivity contribution in [2.45, 2.75) is 13.0 Å². The Balaban J connectivity index is 1.71. The van der Waals surface area contributed by atoms with Crippen molar-refractivity contribution < 1.29 is 19.0 Å². The lowest BCUT2D eigenvalue weighted by molar-refractivity contribution is 0.0466. The number of fused-ring (bicyclic) bond motifs is 1. The topological polar surface area (TPSA) is 60.6 Å². The van der Waals surface area contributed by atoms with Crippen LogP contribution in [0.5, 0.6) is 11.5 Å². The zero-order chi connectivity index (χ0) is 15.5. The number of hydrogen-bond donors (Lipinski definition) is 1. The molecule has 5 nitrogen and oxygen atoms in total. The zero-order valence-corrected chi connectivity index (χ0v) is 13.9. The van der Waals surface area contributed by atoms with Crippen molar-refractivity contribution in [3.05, 3.63) is 45.1 Å². The van der Waals surface area contributed by atoms with E-state index in [0.717, 1.165) is 16.5 Å². The maximum atomic E-state index is 11.9. The number of aromatic amines is 1. The number of hydrogen-bond acceptors (Lipinski definition) is 4. The van der Waals surface area contributed by atoms with E-state index < -0.39 is 5.97 Å². The van der Waals surface area contributed by atoms with Crippen LogP contribution < -0.4 is 9.47 Å². The fourth-order valence-electron chi connectivity index (χ4n) is 2.08. The van der Waals surface area contributed by atoms with Crippen LogP contribution in [0.15, 0.2) is 28.9 Å². The van der Waals surface area contributed by atoms with Gasteiger partial charge in [-0.25, -0.2) is 4.79 Å². The van der Waals surface area contributed by atoms with Crippen molar-refractivity contribution in [3.8, 4) is 11.5 Å². The summed E-state index contributed by atoms with van der Waals surface area (Å²) in [6.07, 6.45) is 2.47. The zero-order valence-electron chi connectivity index (χ0n) is 11.5. The van der Waals surface area contributed by atoms with Crippen molar-refractivity contribution in [3.63, 3.8) is 0 Å². The number of H-pyrrole nitrogens is 1. The first-order valence-electron chi connectivity index (χ1n) is 6.72. The van der Waals surface area contributed by atoms with Crippen LogP contribution in [0, 0.1) is 0 Å². The molecule has 0 bridgehead atoms. The van der Waals surface area contributed by atoms with Crippen LogP contribution in [-0.4, -0.2) is 24.2 Å². The predicted octanol–water partition coefficient (Wildman–Crippen LogP) is 3.95. The van der Waals surface area contributed by atoms with Crippen LogP contribution in [0.2, 0.25) is 5.02 Å². The van der Waals surface area contributed by atoms with Gasteiger partial charge in [-0.2, -0.15) is 0 Å². The second kappa shape index (κ2) is 6.62. The summed E-state index contributed by atoms with van der Waals surface area (Å²) >= 11 is 9.47. The molecule has 0 unspecified atom stereocenters. The lowest BCUT2D eigenvalue weighted by atomic mass is 10.2. The van der Waals surface area contributed by atoms with Gasteiger partial charge in [0.25, 0.3) is 0 Å². The fourth-order valence-corrected chi connectivity index (χ4v) is 2.71. The summed E-state index contributed by atoms with van der Waals surface area (Å²) in [4.78, 5) is 14.7. The average Bonchev–Trinajstić information content (AvgIpc) is 2.79. The van der Waals surface area contributed by atoms with Gasteiger partial charge in [-0.3, -0.25) is 0 Å². The highest BCUT2D eigenvalue weighted by Crippen LogP contribution is 2.38. The Kier molecular flexibility index (Phi) is 4.59. The summed E-state index contributed by atoms with van der Waals surface area (Å²) in [6, 6.07) is 5.15. The molecule has 22 heavy (non-hydrogen) atoms. The van der Waals surface area contributed by atoms with Crippen LogP contribution >= 0.6 is 27.5 Å². The molecule has 3 rings (SSSR count). The largest absolute Gasteiger partial charge is 0.489 e. The molecular formula is C15H13BrClNO4. The minimum absolute atomic E-state index is 0.103. The Labute approximate surface area is 140 Å². The summed E-state index contributed by atoms with van der Waals surface area (Å²) in [5.74, 6) is 0.690. The third-order valence-corrected chi connectivity index (χ3v) is 3.84. The SMILES string of the molecule is O=C(OCc1cc(Cl)c2c(c1)OCCCO2)c1cc(Br)c[nH]1. The number of carbonyl (C=O) groups excluding carboxylic acids is 1. The molecule has 7 heteroatoms. The van der Waals surface area contributed by atoms with Gasteiger partial charge in [-0.1, -0.05) is 11.6 Å². The predicted molar refractivity (Wildman–Crippen MR) is 84.7 cm³/mol. The van der Waals surface area contributed by atoms with Gasteiger partial charge in [0.15, 0.2) is 11.5 Å². The Morgan fingerprint density at radius 2 is 2.14 bits per heavy atom. The maximum Gasteiger partial charge on any atom is 0.355 e. The fraction of sp³-hybridized carbons (Fsp3) is 0.267. The molecule has 0 saturated heterocycles. The Morgan fingerprint density at radius 3 is 2.91 bits per heavy atom. The molecule has 116 valence electrons. The smallest absolute Gasteiger partial charge is 0.355 e. The second-order valence-electron chi connectivity index (χ2n) is 4.76. The summed E-state index contributed by atoms with van der Waals surface area (Å²) in [5, 5.41) is 0.452. The standard InChI is InChI=1S/C15H13BrClNO4/c16-10-6-12(18-7-10)15(19)22-8-9-4-11(17)14-13(5-9)20-2-1-3-21-14/h4-7,18H,1-3,8H2. The number of nitrogens with one attached hydrogen (secondary N) is 1. The summed E-state index contributed by atoms with van der Waals surface area (Å²) in [5.41, 5.74) is 1.13. The van der Waals surface area contributed by atoms with Crippen LogP contribution in [0.4, 0.5) is 0 Å². The van der Waals surface area contributed by atoms with Gasteiger partial charge in [0.2, 0.25) is 0 Å². The van der Waals surface area contributed by atoms with Gasteiger partial charge in [-0.15, -0.1) is 0 Å². The number of rotatable bonds is 3. The van der Waals surface area contributed by atoms with Gasteiger partial charge in [0, 0.05) is 17.1 Å². The first-order chi connectivity index (χ1) is 10.6. The number of ether oxygens (including phenoxy) is 3. The molecule has 1 aliphatic heterocycles. The third kappa shape index (κ3) is 3.39. The van der Waals surface area contributed by atoms with E-state index in [2.05, 4.69) is 20.9 Å². The van der Waals surface area contributed by atoms with Crippen molar-refractivity contribution >= 4 is 33.5 Å². The van der Waals surface area contributed by atoms with Gasteiger partial charge in [0.05, 0.1) is 18.2 Å². The minimum atomic E-state index is -0.436. The number of benzene rings is 1.